The molecule has 6 heteroatoms. The number of rotatable bonds is 3. The van der Waals surface area contributed by atoms with E-state index in [1.54, 1.807) is 25.1 Å². The van der Waals surface area contributed by atoms with Gasteiger partial charge in [0.15, 0.2) is 0 Å². The van der Waals surface area contributed by atoms with Crippen LogP contribution < -0.4 is 10.1 Å². The molecule has 1 N–H and O–H groups in total. The SMILES string of the molecule is COc1ccc(NC(=O)c2cnc(C)cc2Cl)cn1. The first-order valence-corrected chi connectivity index (χ1v) is 5.91. The topological polar surface area (TPSA) is 64.1 Å². The summed E-state index contributed by atoms with van der Waals surface area (Å²) < 4.78 is 4.94. The zero-order chi connectivity index (χ0) is 13.8. The van der Waals surface area contributed by atoms with E-state index in [2.05, 4.69) is 15.3 Å². The lowest BCUT2D eigenvalue weighted by atomic mass is 10.2. The molecule has 0 saturated carbocycles. The number of carbonyl (C=O) groups is 1. The molecule has 0 fully saturated rings. The van der Waals surface area contributed by atoms with Crippen LogP contribution in [-0.4, -0.2) is 23.0 Å². The average molecular weight is 278 g/mol. The van der Waals surface area contributed by atoms with Gasteiger partial charge < -0.3 is 10.1 Å². The van der Waals surface area contributed by atoms with E-state index in [4.69, 9.17) is 16.3 Å². The van der Waals surface area contributed by atoms with Gasteiger partial charge in [-0.15, -0.1) is 0 Å². The molecule has 0 atom stereocenters. The summed E-state index contributed by atoms with van der Waals surface area (Å²) in [4.78, 5) is 20.1. The zero-order valence-corrected chi connectivity index (χ0v) is 11.2. The number of anilines is 1. The molecule has 98 valence electrons. The molecular weight excluding hydrogens is 266 g/mol. The Bertz CT molecular complexity index is 599. The van der Waals surface area contributed by atoms with Gasteiger partial charge in [-0.1, -0.05) is 11.6 Å². The Morgan fingerprint density at radius 3 is 2.68 bits per heavy atom. The summed E-state index contributed by atoms with van der Waals surface area (Å²) in [6.45, 7) is 1.81. The minimum Gasteiger partial charge on any atom is -0.481 e. The number of aryl methyl sites for hydroxylation is 1. The molecule has 19 heavy (non-hydrogen) atoms. The monoisotopic (exact) mass is 277 g/mol. The molecule has 0 radical (unpaired) electrons. The van der Waals surface area contributed by atoms with E-state index < -0.39 is 0 Å². The molecule has 2 heterocycles. The number of hydrogen-bond donors (Lipinski definition) is 1. The summed E-state index contributed by atoms with van der Waals surface area (Å²) in [5.74, 6) is 0.150. The number of aromatic nitrogens is 2. The van der Waals surface area contributed by atoms with E-state index in [1.807, 2.05) is 0 Å². The van der Waals surface area contributed by atoms with Gasteiger partial charge in [0.05, 0.1) is 29.6 Å². The average Bonchev–Trinajstić information content (AvgIpc) is 2.39. The molecule has 0 aliphatic carbocycles. The van der Waals surface area contributed by atoms with Gasteiger partial charge >= 0.3 is 0 Å². The van der Waals surface area contributed by atoms with Crippen molar-refractivity contribution in [2.75, 3.05) is 12.4 Å². The van der Waals surface area contributed by atoms with E-state index in [0.29, 0.717) is 22.2 Å². The van der Waals surface area contributed by atoms with E-state index in [1.165, 1.54) is 19.5 Å². The lowest BCUT2D eigenvalue weighted by Gasteiger charge is -2.07. The lowest BCUT2D eigenvalue weighted by Crippen LogP contribution is -2.13. The predicted molar refractivity (Wildman–Crippen MR) is 72.7 cm³/mol. The lowest BCUT2D eigenvalue weighted by molar-refractivity contribution is 0.102. The Hall–Kier alpha value is -2.14. The highest BCUT2D eigenvalue weighted by molar-refractivity contribution is 6.34. The van der Waals surface area contributed by atoms with Crippen molar-refractivity contribution >= 4 is 23.2 Å². The quantitative estimate of drug-likeness (QED) is 0.937. The number of nitrogens with zero attached hydrogens (tertiary/aromatic N) is 2. The highest BCUT2D eigenvalue weighted by Crippen LogP contribution is 2.18. The van der Waals surface area contributed by atoms with Gasteiger partial charge in [-0.2, -0.15) is 0 Å². The number of hydrogen-bond acceptors (Lipinski definition) is 4. The van der Waals surface area contributed by atoms with Crippen LogP contribution in [0.1, 0.15) is 16.1 Å². The third kappa shape index (κ3) is 3.20. The van der Waals surface area contributed by atoms with Crippen molar-refractivity contribution < 1.29 is 9.53 Å². The molecule has 0 unspecified atom stereocenters. The number of pyridine rings is 2. The molecule has 0 aromatic carbocycles. The molecule has 0 aliphatic heterocycles. The van der Waals surface area contributed by atoms with Crippen LogP contribution in [0, 0.1) is 6.92 Å². The molecule has 0 saturated heterocycles. The summed E-state index contributed by atoms with van der Waals surface area (Å²) in [5.41, 5.74) is 1.64. The third-order valence-corrected chi connectivity index (χ3v) is 2.75. The van der Waals surface area contributed by atoms with Crippen molar-refractivity contribution in [3.8, 4) is 5.88 Å². The van der Waals surface area contributed by atoms with Gasteiger partial charge in [-0.25, -0.2) is 4.98 Å². The number of methoxy groups -OCH3 is 1. The molecule has 2 aromatic rings. The fourth-order valence-electron chi connectivity index (χ4n) is 1.47. The standard InChI is InChI=1S/C13H12ClN3O2/c1-8-5-11(14)10(7-15-8)13(18)17-9-3-4-12(19-2)16-6-9/h3-7H,1-2H3,(H,17,18). The van der Waals surface area contributed by atoms with E-state index in [0.717, 1.165) is 5.69 Å². The first kappa shape index (κ1) is 13.3. The van der Waals surface area contributed by atoms with Crippen LogP contribution in [0.3, 0.4) is 0 Å². The third-order valence-electron chi connectivity index (χ3n) is 2.44. The first-order chi connectivity index (χ1) is 9.10. The van der Waals surface area contributed by atoms with Crippen LogP contribution in [0.15, 0.2) is 30.6 Å². The van der Waals surface area contributed by atoms with Crippen molar-refractivity contribution in [3.05, 3.63) is 46.9 Å². The number of amides is 1. The van der Waals surface area contributed by atoms with Gasteiger partial charge in [-0.05, 0) is 19.1 Å². The summed E-state index contributed by atoms with van der Waals surface area (Å²) in [7, 11) is 1.53. The van der Waals surface area contributed by atoms with Crippen molar-refractivity contribution in [3.63, 3.8) is 0 Å². The van der Waals surface area contributed by atoms with E-state index in [-0.39, 0.29) is 5.91 Å². The Morgan fingerprint density at radius 1 is 1.32 bits per heavy atom. The maximum atomic E-state index is 12.0. The normalized spacial score (nSPS) is 10.1. The second kappa shape index (κ2) is 5.67. The van der Waals surface area contributed by atoms with Crippen LogP contribution in [0.2, 0.25) is 5.02 Å². The van der Waals surface area contributed by atoms with Gasteiger partial charge in [0.25, 0.3) is 5.91 Å². The molecule has 2 rings (SSSR count). The van der Waals surface area contributed by atoms with Crippen molar-refractivity contribution in [1.82, 2.24) is 9.97 Å². The minimum atomic E-state index is -0.329. The maximum absolute atomic E-state index is 12.0. The highest BCUT2D eigenvalue weighted by atomic mass is 35.5. The molecular formula is C13H12ClN3O2. The van der Waals surface area contributed by atoms with Crippen LogP contribution in [0.25, 0.3) is 0 Å². The van der Waals surface area contributed by atoms with Crippen LogP contribution in [-0.2, 0) is 0 Å². The molecule has 5 nitrogen and oxygen atoms in total. The Balaban J connectivity index is 2.15. The maximum Gasteiger partial charge on any atom is 0.258 e. The predicted octanol–water partition coefficient (Wildman–Crippen LogP) is 2.70. The van der Waals surface area contributed by atoms with Crippen molar-refractivity contribution in [2.45, 2.75) is 6.92 Å². The molecule has 0 bridgehead atoms. The van der Waals surface area contributed by atoms with Gasteiger partial charge in [-0.3, -0.25) is 9.78 Å². The Labute approximate surface area is 115 Å². The van der Waals surface area contributed by atoms with Gasteiger partial charge in [0.1, 0.15) is 0 Å². The highest BCUT2D eigenvalue weighted by Gasteiger charge is 2.11. The summed E-state index contributed by atoms with van der Waals surface area (Å²) >= 11 is 6.00. The zero-order valence-electron chi connectivity index (χ0n) is 10.5. The number of nitrogens with one attached hydrogen (secondary N) is 1. The summed E-state index contributed by atoms with van der Waals surface area (Å²) in [5, 5.41) is 3.06. The van der Waals surface area contributed by atoms with Crippen molar-refractivity contribution in [2.24, 2.45) is 0 Å². The molecule has 2 aromatic heterocycles. The van der Waals surface area contributed by atoms with Crippen molar-refractivity contribution in [1.29, 1.82) is 0 Å². The summed E-state index contributed by atoms with van der Waals surface area (Å²) in [6, 6.07) is 4.99. The number of ether oxygens (including phenoxy) is 1. The second-order valence-electron chi connectivity index (χ2n) is 3.85. The summed E-state index contributed by atoms with van der Waals surface area (Å²) in [6.07, 6.45) is 2.95. The van der Waals surface area contributed by atoms with Gasteiger partial charge in [0.2, 0.25) is 5.88 Å². The first-order valence-electron chi connectivity index (χ1n) is 5.53. The van der Waals surface area contributed by atoms with E-state index >= 15 is 0 Å². The van der Waals surface area contributed by atoms with Gasteiger partial charge in [0, 0.05) is 18.0 Å². The molecule has 0 aliphatic rings. The second-order valence-corrected chi connectivity index (χ2v) is 4.26. The number of halogens is 1. The van der Waals surface area contributed by atoms with E-state index in [9.17, 15) is 4.79 Å². The smallest absolute Gasteiger partial charge is 0.258 e. The Morgan fingerprint density at radius 2 is 2.11 bits per heavy atom. The molecule has 0 spiro atoms. The number of carbonyl (C=O) groups excluding carboxylic acids is 1. The van der Waals surface area contributed by atoms with Crippen LogP contribution in [0.5, 0.6) is 5.88 Å². The fraction of sp³-hybridized carbons (Fsp3) is 0.154. The Kier molecular flexibility index (Phi) is 3.97. The largest absolute Gasteiger partial charge is 0.481 e. The van der Waals surface area contributed by atoms with Crippen LogP contribution in [0.4, 0.5) is 5.69 Å². The van der Waals surface area contributed by atoms with Crippen LogP contribution >= 0.6 is 11.6 Å². The molecule has 1 amide bonds. The minimum absolute atomic E-state index is 0.322. The fourth-order valence-corrected chi connectivity index (χ4v) is 1.76.